The van der Waals surface area contributed by atoms with E-state index < -0.39 is 5.97 Å². The first kappa shape index (κ1) is 16.0. The van der Waals surface area contributed by atoms with E-state index in [1.54, 1.807) is 10.6 Å². The molecular weight excluding hydrogens is 332 g/mol. The predicted molar refractivity (Wildman–Crippen MR) is 98.8 cm³/mol. The van der Waals surface area contributed by atoms with E-state index in [4.69, 9.17) is 5.11 Å². The zero-order valence-corrected chi connectivity index (χ0v) is 13.8. The van der Waals surface area contributed by atoms with Crippen molar-refractivity contribution in [2.75, 3.05) is 5.43 Å². The third kappa shape index (κ3) is 2.83. The lowest BCUT2D eigenvalue weighted by atomic mass is 10.1. The van der Waals surface area contributed by atoms with E-state index >= 15 is 0 Å². The van der Waals surface area contributed by atoms with Crippen molar-refractivity contribution in [2.45, 2.75) is 19.4 Å². The first-order valence-corrected chi connectivity index (χ1v) is 8.29. The fourth-order valence-corrected chi connectivity index (χ4v) is 3.05. The molecule has 0 atom stereocenters. The molecule has 0 bridgehead atoms. The summed E-state index contributed by atoms with van der Waals surface area (Å²) in [7, 11) is 0. The van der Waals surface area contributed by atoms with Gasteiger partial charge in [0.05, 0.1) is 22.2 Å². The molecule has 0 saturated carbocycles. The number of nitrogens with zero attached hydrogens (tertiary/aromatic N) is 3. The summed E-state index contributed by atoms with van der Waals surface area (Å²) in [5, 5.41) is 13.9. The van der Waals surface area contributed by atoms with E-state index in [0.29, 0.717) is 35.4 Å². The maximum atomic E-state index is 12.8. The molecule has 130 valence electrons. The van der Waals surface area contributed by atoms with Gasteiger partial charge in [0.15, 0.2) is 5.82 Å². The quantitative estimate of drug-likeness (QED) is 0.710. The van der Waals surface area contributed by atoms with Crippen molar-refractivity contribution in [1.82, 2.24) is 9.55 Å². The summed E-state index contributed by atoms with van der Waals surface area (Å²) in [6, 6.07) is 14.0. The average Bonchev–Trinajstić information content (AvgIpc) is 2.67. The van der Waals surface area contributed by atoms with Gasteiger partial charge in [-0.25, -0.2) is 9.78 Å². The van der Waals surface area contributed by atoms with Crippen LogP contribution in [0, 0.1) is 0 Å². The number of hydrazone groups is 1. The first-order chi connectivity index (χ1) is 12.6. The van der Waals surface area contributed by atoms with Crippen LogP contribution in [0.2, 0.25) is 0 Å². The van der Waals surface area contributed by atoms with E-state index in [0.717, 1.165) is 12.1 Å². The third-order valence-corrected chi connectivity index (χ3v) is 4.35. The van der Waals surface area contributed by atoms with Crippen LogP contribution in [0.5, 0.6) is 0 Å². The number of carboxylic acid groups (broad SMARTS) is 1. The largest absolute Gasteiger partial charge is 0.478 e. The van der Waals surface area contributed by atoms with Gasteiger partial charge >= 0.3 is 5.97 Å². The zero-order valence-electron chi connectivity index (χ0n) is 13.8. The van der Waals surface area contributed by atoms with Crippen LogP contribution in [0.3, 0.4) is 0 Å². The summed E-state index contributed by atoms with van der Waals surface area (Å²) in [6.45, 7) is 0.540. The minimum absolute atomic E-state index is 0.0763. The van der Waals surface area contributed by atoms with Crippen LogP contribution in [-0.2, 0) is 6.54 Å². The number of carboxylic acids is 1. The van der Waals surface area contributed by atoms with Gasteiger partial charge in [0.25, 0.3) is 5.56 Å². The Kier molecular flexibility index (Phi) is 3.96. The van der Waals surface area contributed by atoms with Crippen molar-refractivity contribution in [1.29, 1.82) is 0 Å². The lowest BCUT2D eigenvalue weighted by molar-refractivity contribution is 0.0697. The Hall–Kier alpha value is -3.48. The number of aromatic carboxylic acids is 1. The maximum absolute atomic E-state index is 12.8. The SMILES string of the molecule is O=C(O)c1ccc2nc3n(c(=O)c2c1)CCC/C3=N\Nc1ccccc1. The fraction of sp³-hybridized carbons (Fsp3) is 0.158. The number of rotatable bonds is 3. The number of hydrogen-bond acceptors (Lipinski definition) is 5. The van der Waals surface area contributed by atoms with E-state index in [1.165, 1.54) is 12.1 Å². The summed E-state index contributed by atoms with van der Waals surface area (Å²) in [6.07, 6.45) is 1.49. The van der Waals surface area contributed by atoms with Gasteiger partial charge < -0.3 is 5.11 Å². The highest BCUT2D eigenvalue weighted by molar-refractivity contribution is 6.00. The third-order valence-electron chi connectivity index (χ3n) is 4.35. The molecule has 0 radical (unpaired) electrons. The second-order valence-corrected chi connectivity index (χ2v) is 6.07. The number of anilines is 1. The molecule has 1 aliphatic rings. The summed E-state index contributed by atoms with van der Waals surface area (Å²) in [4.78, 5) is 28.6. The molecular formula is C19H16N4O3. The van der Waals surface area contributed by atoms with Crippen molar-refractivity contribution in [3.63, 3.8) is 0 Å². The molecule has 4 rings (SSSR count). The van der Waals surface area contributed by atoms with E-state index in [1.807, 2.05) is 30.3 Å². The van der Waals surface area contributed by atoms with Crippen LogP contribution in [0.4, 0.5) is 5.69 Å². The second kappa shape index (κ2) is 6.44. The summed E-state index contributed by atoms with van der Waals surface area (Å²) in [5.74, 6) is -0.538. The van der Waals surface area contributed by atoms with Gasteiger partial charge in [-0.15, -0.1) is 0 Å². The molecule has 0 fully saturated rings. The number of aromatic nitrogens is 2. The number of carbonyl (C=O) groups is 1. The number of nitrogens with one attached hydrogen (secondary N) is 1. The lowest BCUT2D eigenvalue weighted by Gasteiger charge is -2.19. The molecule has 2 aromatic carbocycles. The Labute approximate surface area is 148 Å². The Morgan fingerprint density at radius 2 is 2.00 bits per heavy atom. The van der Waals surface area contributed by atoms with Crippen molar-refractivity contribution < 1.29 is 9.90 Å². The first-order valence-electron chi connectivity index (χ1n) is 8.29. The molecule has 7 nitrogen and oxygen atoms in total. The van der Waals surface area contributed by atoms with Crippen molar-refractivity contribution >= 4 is 28.3 Å². The van der Waals surface area contributed by atoms with E-state index in [2.05, 4.69) is 15.5 Å². The molecule has 1 aromatic heterocycles. The Morgan fingerprint density at radius 3 is 2.77 bits per heavy atom. The average molecular weight is 348 g/mol. The van der Waals surface area contributed by atoms with Crippen LogP contribution < -0.4 is 11.0 Å². The van der Waals surface area contributed by atoms with Crippen LogP contribution in [0.15, 0.2) is 58.4 Å². The lowest BCUT2D eigenvalue weighted by Crippen LogP contribution is -2.32. The zero-order chi connectivity index (χ0) is 18.1. The van der Waals surface area contributed by atoms with Crippen molar-refractivity contribution in [3.8, 4) is 0 Å². The van der Waals surface area contributed by atoms with Crippen molar-refractivity contribution in [3.05, 3.63) is 70.3 Å². The van der Waals surface area contributed by atoms with Crippen LogP contribution in [0.1, 0.15) is 29.0 Å². The summed E-state index contributed by atoms with van der Waals surface area (Å²) in [5.41, 5.74) is 4.88. The van der Waals surface area contributed by atoms with Gasteiger partial charge in [0.2, 0.25) is 0 Å². The molecule has 0 aliphatic carbocycles. The molecule has 2 N–H and O–H groups in total. The van der Waals surface area contributed by atoms with Gasteiger partial charge in [-0.1, -0.05) is 18.2 Å². The fourth-order valence-electron chi connectivity index (χ4n) is 3.05. The topological polar surface area (TPSA) is 96.6 Å². The normalized spacial score (nSPS) is 15.0. The standard InChI is InChI=1S/C19H16N4O3/c24-18-14-11-12(19(25)26)8-9-15(14)20-17-16(7-4-10-23(17)18)22-21-13-5-2-1-3-6-13/h1-3,5-6,8-9,11,21H,4,7,10H2,(H,25,26)/b22-16+. The smallest absolute Gasteiger partial charge is 0.335 e. The molecule has 2 heterocycles. The monoisotopic (exact) mass is 348 g/mol. The number of benzene rings is 2. The van der Waals surface area contributed by atoms with E-state index in [9.17, 15) is 9.59 Å². The highest BCUT2D eigenvalue weighted by Crippen LogP contribution is 2.17. The Bertz CT molecular complexity index is 1090. The molecule has 0 spiro atoms. The van der Waals surface area contributed by atoms with Gasteiger partial charge in [-0.2, -0.15) is 5.10 Å². The van der Waals surface area contributed by atoms with Gasteiger partial charge in [-0.05, 0) is 43.2 Å². The Morgan fingerprint density at radius 1 is 1.19 bits per heavy atom. The molecule has 3 aromatic rings. The molecule has 1 aliphatic heterocycles. The molecule has 0 unspecified atom stereocenters. The van der Waals surface area contributed by atoms with Crippen LogP contribution >= 0.6 is 0 Å². The minimum atomic E-state index is -1.07. The maximum Gasteiger partial charge on any atom is 0.335 e. The van der Waals surface area contributed by atoms with Crippen molar-refractivity contribution in [2.24, 2.45) is 5.10 Å². The van der Waals surface area contributed by atoms with E-state index in [-0.39, 0.29) is 11.1 Å². The van der Waals surface area contributed by atoms with Gasteiger partial charge in [0.1, 0.15) is 5.71 Å². The summed E-state index contributed by atoms with van der Waals surface area (Å²) < 4.78 is 1.57. The number of hydrogen-bond donors (Lipinski definition) is 2. The highest BCUT2D eigenvalue weighted by atomic mass is 16.4. The van der Waals surface area contributed by atoms with Crippen LogP contribution in [-0.4, -0.2) is 26.3 Å². The Balaban J connectivity index is 1.81. The predicted octanol–water partition coefficient (Wildman–Crippen LogP) is 2.70. The number of para-hydroxylation sites is 1. The molecule has 0 amide bonds. The van der Waals surface area contributed by atoms with Gasteiger partial charge in [-0.3, -0.25) is 14.8 Å². The molecule has 26 heavy (non-hydrogen) atoms. The minimum Gasteiger partial charge on any atom is -0.478 e. The second-order valence-electron chi connectivity index (χ2n) is 6.07. The number of fused-ring (bicyclic) bond motifs is 2. The molecule has 0 saturated heterocycles. The molecule has 7 heteroatoms. The van der Waals surface area contributed by atoms with Crippen LogP contribution in [0.25, 0.3) is 10.9 Å². The van der Waals surface area contributed by atoms with Gasteiger partial charge in [0, 0.05) is 6.54 Å². The highest BCUT2D eigenvalue weighted by Gasteiger charge is 2.21. The summed E-state index contributed by atoms with van der Waals surface area (Å²) >= 11 is 0.